The van der Waals surface area contributed by atoms with Crippen molar-refractivity contribution in [3.63, 3.8) is 0 Å². The van der Waals surface area contributed by atoms with Gasteiger partial charge in [0.2, 0.25) is 0 Å². The smallest absolute Gasteiger partial charge is 0.135 e. The van der Waals surface area contributed by atoms with E-state index in [2.05, 4.69) is 0 Å². The van der Waals surface area contributed by atoms with Gasteiger partial charge in [-0.25, -0.2) is 0 Å². The molecule has 2 aliphatic rings. The van der Waals surface area contributed by atoms with E-state index in [-0.39, 0.29) is 6.10 Å². The van der Waals surface area contributed by atoms with Crippen LogP contribution >= 0.6 is 11.8 Å². The zero-order chi connectivity index (χ0) is 10.5. The second-order valence-corrected chi connectivity index (χ2v) is 5.86. The molecule has 15 heavy (non-hydrogen) atoms. The Labute approximate surface area is 96.1 Å². The van der Waals surface area contributed by atoms with Crippen LogP contribution in [-0.2, 0) is 9.53 Å². The summed E-state index contributed by atoms with van der Waals surface area (Å²) in [5.41, 5.74) is 0. The summed E-state index contributed by atoms with van der Waals surface area (Å²) >= 11 is 2.02. The Kier molecular flexibility index (Phi) is 4.51. The molecule has 1 atom stereocenters. The second-order valence-electron chi connectivity index (χ2n) is 4.64. The maximum absolute atomic E-state index is 11.8. The van der Waals surface area contributed by atoms with E-state index in [1.54, 1.807) is 0 Å². The van der Waals surface area contributed by atoms with Crippen LogP contribution in [-0.4, -0.2) is 30.0 Å². The Bertz CT molecular complexity index is 206. The van der Waals surface area contributed by atoms with E-state index in [0.29, 0.717) is 18.1 Å². The minimum atomic E-state index is 0.246. The monoisotopic (exact) mass is 228 g/mol. The minimum Gasteiger partial charge on any atom is -0.378 e. The number of carbonyl (C=O) groups is 1. The van der Waals surface area contributed by atoms with E-state index in [0.717, 1.165) is 25.9 Å². The summed E-state index contributed by atoms with van der Waals surface area (Å²) in [5.74, 6) is 3.59. The Morgan fingerprint density at radius 1 is 1.20 bits per heavy atom. The molecule has 2 aliphatic heterocycles. The van der Waals surface area contributed by atoms with Crippen molar-refractivity contribution in [3.05, 3.63) is 0 Å². The first-order valence-electron chi connectivity index (χ1n) is 6.05. The van der Waals surface area contributed by atoms with Gasteiger partial charge in [0.25, 0.3) is 0 Å². The fraction of sp³-hybridized carbons (Fsp3) is 0.917. The topological polar surface area (TPSA) is 26.3 Å². The maximum atomic E-state index is 11.8. The Morgan fingerprint density at radius 2 is 2.00 bits per heavy atom. The largest absolute Gasteiger partial charge is 0.378 e. The van der Waals surface area contributed by atoms with Crippen molar-refractivity contribution in [1.29, 1.82) is 0 Å². The Hall–Kier alpha value is -0.0200. The van der Waals surface area contributed by atoms with Gasteiger partial charge in [-0.2, -0.15) is 11.8 Å². The maximum Gasteiger partial charge on any atom is 0.135 e. The van der Waals surface area contributed by atoms with Crippen LogP contribution in [0, 0.1) is 5.92 Å². The van der Waals surface area contributed by atoms with Gasteiger partial charge in [-0.05, 0) is 43.1 Å². The van der Waals surface area contributed by atoms with Gasteiger partial charge in [-0.15, -0.1) is 0 Å². The van der Waals surface area contributed by atoms with Crippen molar-refractivity contribution >= 4 is 17.5 Å². The molecule has 0 aromatic rings. The molecule has 86 valence electrons. The van der Waals surface area contributed by atoms with Gasteiger partial charge in [0.05, 0.1) is 6.10 Å². The number of Topliss-reactive ketones (excluding diaryl/α,β-unsaturated/α-hetero) is 1. The first kappa shape index (κ1) is 11.5. The molecular weight excluding hydrogens is 208 g/mol. The first-order valence-corrected chi connectivity index (χ1v) is 7.21. The van der Waals surface area contributed by atoms with Gasteiger partial charge in [-0.1, -0.05) is 0 Å². The number of ketones is 1. The van der Waals surface area contributed by atoms with Crippen LogP contribution in [0.25, 0.3) is 0 Å². The van der Waals surface area contributed by atoms with Crippen molar-refractivity contribution in [2.75, 3.05) is 18.1 Å². The molecule has 2 nitrogen and oxygen atoms in total. The minimum absolute atomic E-state index is 0.246. The van der Waals surface area contributed by atoms with Crippen molar-refractivity contribution in [3.8, 4) is 0 Å². The van der Waals surface area contributed by atoms with E-state index in [1.807, 2.05) is 11.8 Å². The molecule has 2 saturated heterocycles. The summed E-state index contributed by atoms with van der Waals surface area (Å²) in [6.07, 6.45) is 6.42. The highest BCUT2D eigenvalue weighted by atomic mass is 32.2. The zero-order valence-electron chi connectivity index (χ0n) is 9.24. The third kappa shape index (κ3) is 3.80. The lowest BCUT2D eigenvalue weighted by Gasteiger charge is -2.20. The molecule has 0 aromatic carbocycles. The number of rotatable bonds is 4. The summed E-state index contributed by atoms with van der Waals surface area (Å²) in [5, 5.41) is 0. The summed E-state index contributed by atoms with van der Waals surface area (Å²) in [4.78, 5) is 11.8. The number of hydrogen-bond acceptors (Lipinski definition) is 3. The van der Waals surface area contributed by atoms with Crippen LogP contribution in [0.1, 0.15) is 38.5 Å². The summed E-state index contributed by atoms with van der Waals surface area (Å²) in [6.45, 7) is 0.859. The normalized spacial score (nSPS) is 28.1. The van der Waals surface area contributed by atoms with Gasteiger partial charge in [0, 0.05) is 19.4 Å². The standard InChI is InChI=1S/C12H20O2S/c13-11(9-12-2-1-5-14-12)8-10-3-6-15-7-4-10/h10,12H,1-9H2. The average Bonchev–Trinajstić information content (AvgIpc) is 2.71. The molecule has 0 N–H and O–H groups in total. The number of hydrogen-bond donors (Lipinski definition) is 0. The van der Waals surface area contributed by atoms with E-state index >= 15 is 0 Å². The lowest BCUT2D eigenvalue weighted by atomic mass is 9.94. The highest BCUT2D eigenvalue weighted by Crippen LogP contribution is 2.26. The van der Waals surface area contributed by atoms with Crippen LogP contribution in [0.2, 0.25) is 0 Å². The first-order chi connectivity index (χ1) is 7.34. The van der Waals surface area contributed by atoms with Crippen LogP contribution in [0.3, 0.4) is 0 Å². The van der Waals surface area contributed by atoms with Crippen LogP contribution in [0.4, 0.5) is 0 Å². The summed E-state index contributed by atoms with van der Waals surface area (Å²) < 4.78 is 5.49. The van der Waals surface area contributed by atoms with Crippen molar-refractivity contribution in [2.45, 2.75) is 44.6 Å². The van der Waals surface area contributed by atoms with Crippen LogP contribution in [0.15, 0.2) is 0 Å². The number of ether oxygens (including phenoxy) is 1. The summed E-state index contributed by atoms with van der Waals surface area (Å²) in [6, 6.07) is 0. The molecule has 2 fully saturated rings. The van der Waals surface area contributed by atoms with Gasteiger partial charge < -0.3 is 4.74 Å². The zero-order valence-corrected chi connectivity index (χ0v) is 10.1. The van der Waals surface area contributed by atoms with Gasteiger partial charge in [0.15, 0.2) is 0 Å². The highest BCUT2D eigenvalue weighted by molar-refractivity contribution is 7.99. The van der Waals surface area contributed by atoms with E-state index < -0.39 is 0 Å². The molecule has 2 heterocycles. The fourth-order valence-corrected chi connectivity index (χ4v) is 3.62. The Balaban J connectivity index is 1.66. The van der Waals surface area contributed by atoms with Crippen LogP contribution < -0.4 is 0 Å². The molecule has 0 radical (unpaired) electrons. The SMILES string of the molecule is O=C(CC1CCSCC1)CC1CCCO1. The third-order valence-electron chi connectivity index (χ3n) is 3.34. The molecule has 0 amide bonds. The Morgan fingerprint density at radius 3 is 2.67 bits per heavy atom. The quantitative estimate of drug-likeness (QED) is 0.740. The summed E-state index contributed by atoms with van der Waals surface area (Å²) in [7, 11) is 0. The van der Waals surface area contributed by atoms with E-state index in [1.165, 1.54) is 24.3 Å². The number of thioether (sulfide) groups is 1. The molecule has 2 rings (SSSR count). The lowest BCUT2D eigenvalue weighted by Crippen LogP contribution is -2.18. The van der Waals surface area contributed by atoms with Crippen molar-refractivity contribution < 1.29 is 9.53 Å². The number of carbonyl (C=O) groups excluding carboxylic acids is 1. The van der Waals surface area contributed by atoms with E-state index in [4.69, 9.17) is 4.74 Å². The average molecular weight is 228 g/mol. The molecule has 0 bridgehead atoms. The lowest BCUT2D eigenvalue weighted by molar-refractivity contribution is -0.122. The molecule has 0 aromatic heterocycles. The molecule has 1 unspecified atom stereocenters. The molecule has 0 spiro atoms. The predicted octanol–water partition coefficient (Wildman–Crippen LogP) is 2.66. The van der Waals surface area contributed by atoms with Crippen LogP contribution in [0.5, 0.6) is 0 Å². The molecule has 0 saturated carbocycles. The molecule has 3 heteroatoms. The third-order valence-corrected chi connectivity index (χ3v) is 4.39. The second kappa shape index (κ2) is 5.90. The fourth-order valence-electron chi connectivity index (χ4n) is 2.42. The molecular formula is C12H20O2S. The van der Waals surface area contributed by atoms with Crippen molar-refractivity contribution in [1.82, 2.24) is 0 Å². The highest BCUT2D eigenvalue weighted by Gasteiger charge is 2.22. The molecule has 0 aliphatic carbocycles. The van der Waals surface area contributed by atoms with Gasteiger partial charge in [-0.3, -0.25) is 4.79 Å². The van der Waals surface area contributed by atoms with Gasteiger partial charge >= 0.3 is 0 Å². The predicted molar refractivity (Wildman–Crippen MR) is 63.3 cm³/mol. The van der Waals surface area contributed by atoms with Gasteiger partial charge in [0.1, 0.15) is 5.78 Å². The van der Waals surface area contributed by atoms with Crippen molar-refractivity contribution in [2.24, 2.45) is 5.92 Å². The van der Waals surface area contributed by atoms with E-state index in [9.17, 15) is 4.79 Å².